The Labute approximate surface area is 74.0 Å². The molecule has 0 saturated heterocycles. The van der Waals surface area contributed by atoms with Crippen LogP contribution in [0.2, 0.25) is 0 Å². The Balaban J connectivity index is 2.37. The molecule has 1 aliphatic heterocycles. The predicted molar refractivity (Wildman–Crippen MR) is 47.0 cm³/mol. The van der Waals surface area contributed by atoms with Crippen molar-refractivity contribution in [2.75, 3.05) is 5.32 Å². The van der Waals surface area contributed by atoms with E-state index >= 15 is 0 Å². The zero-order valence-corrected chi connectivity index (χ0v) is 6.93. The minimum atomic E-state index is -0.221. The van der Waals surface area contributed by atoms with Crippen LogP contribution in [-0.2, 0) is 0 Å². The third-order valence-corrected chi connectivity index (χ3v) is 2.66. The van der Waals surface area contributed by atoms with Crippen LogP contribution in [0.1, 0.15) is 0 Å². The first kappa shape index (κ1) is 7.32. The van der Waals surface area contributed by atoms with Crippen LogP contribution in [0, 0.1) is 11.3 Å². The Morgan fingerprint density at radius 1 is 1.58 bits per heavy atom. The highest BCUT2D eigenvalue weighted by Crippen LogP contribution is 2.39. The first-order valence-corrected chi connectivity index (χ1v) is 4.33. The molecule has 0 aliphatic carbocycles. The molecule has 3 nitrogen and oxygen atoms in total. The van der Waals surface area contributed by atoms with Gasteiger partial charge in [-0.1, -0.05) is 11.8 Å². The summed E-state index contributed by atoms with van der Waals surface area (Å²) in [6.07, 6.45) is 0. The number of nitrogens with zero attached hydrogens (tertiary/aromatic N) is 1. The number of hydrogen-bond donors (Lipinski definition) is 2. The SMILES string of the molecule is N#CC1Nc2ccc(O)cc2S1. The molecule has 0 radical (unpaired) electrons. The Bertz CT molecular complexity index is 359. The fourth-order valence-electron chi connectivity index (χ4n) is 1.08. The molecule has 1 aromatic carbocycles. The Kier molecular flexibility index (Phi) is 1.59. The molecule has 2 rings (SSSR count). The minimum Gasteiger partial charge on any atom is -0.508 e. The van der Waals surface area contributed by atoms with E-state index in [1.165, 1.54) is 11.8 Å². The summed E-state index contributed by atoms with van der Waals surface area (Å²) in [7, 11) is 0. The number of nitrogens with one attached hydrogen (secondary N) is 1. The highest BCUT2D eigenvalue weighted by Gasteiger charge is 2.20. The van der Waals surface area contributed by atoms with Crippen molar-refractivity contribution in [3.8, 4) is 11.8 Å². The van der Waals surface area contributed by atoms with Crippen molar-refractivity contribution >= 4 is 17.4 Å². The summed E-state index contributed by atoms with van der Waals surface area (Å²) in [4.78, 5) is 0.932. The molecule has 0 fully saturated rings. The second-order valence-corrected chi connectivity index (χ2v) is 3.60. The number of nitriles is 1. The van der Waals surface area contributed by atoms with E-state index in [0.29, 0.717) is 0 Å². The number of fused-ring (bicyclic) bond motifs is 1. The molecule has 0 bridgehead atoms. The molecular formula is C8H6N2OS. The zero-order chi connectivity index (χ0) is 8.55. The van der Waals surface area contributed by atoms with Gasteiger partial charge in [0.05, 0.1) is 6.07 Å². The smallest absolute Gasteiger partial charge is 0.166 e. The molecule has 1 aliphatic rings. The Morgan fingerprint density at radius 3 is 3.17 bits per heavy atom. The molecule has 1 heterocycles. The number of benzene rings is 1. The van der Waals surface area contributed by atoms with E-state index < -0.39 is 0 Å². The van der Waals surface area contributed by atoms with E-state index in [0.717, 1.165) is 10.6 Å². The average Bonchev–Trinajstić information content (AvgIpc) is 2.46. The molecule has 0 aromatic heterocycles. The molecule has 12 heavy (non-hydrogen) atoms. The molecule has 1 unspecified atom stereocenters. The molecule has 0 spiro atoms. The Hall–Kier alpha value is -1.34. The summed E-state index contributed by atoms with van der Waals surface area (Å²) >= 11 is 1.42. The quantitative estimate of drug-likeness (QED) is 0.594. The van der Waals surface area contributed by atoms with E-state index in [-0.39, 0.29) is 11.1 Å². The number of thioether (sulfide) groups is 1. The number of hydrogen-bond acceptors (Lipinski definition) is 4. The summed E-state index contributed by atoms with van der Waals surface area (Å²) < 4.78 is 0. The van der Waals surface area contributed by atoms with Gasteiger partial charge in [0, 0.05) is 10.6 Å². The van der Waals surface area contributed by atoms with Crippen molar-refractivity contribution in [1.29, 1.82) is 5.26 Å². The van der Waals surface area contributed by atoms with E-state index in [1.54, 1.807) is 18.2 Å². The van der Waals surface area contributed by atoms with Crippen molar-refractivity contribution in [3.63, 3.8) is 0 Å². The van der Waals surface area contributed by atoms with Crippen LogP contribution in [0.3, 0.4) is 0 Å². The van der Waals surface area contributed by atoms with Crippen molar-refractivity contribution in [2.24, 2.45) is 0 Å². The second kappa shape index (κ2) is 2.61. The lowest BCUT2D eigenvalue weighted by atomic mass is 10.3. The van der Waals surface area contributed by atoms with E-state index in [2.05, 4.69) is 11.4 Å². The minimum absolute atomic E-state index is 0.221. The normalized spacial score (nSPS) is 19.4. The van der Waals surface area contributed by atoms with Crippen molar-refractivity contribution in [1.82, 2.24) is 0 Å². The van der Waals surface area contributed by atoms with Gasteiger partial charge in [-0.3, -0.25) is 0 Å². The van der Waals surface area contributed by atoms with Crippen LogP contribution in [0.5, 0.6) is 5.75 Å². The number of anilines is 1. The van der Waals surface area contributed by atoms with Crippen LogP contribution in [0.4, 0.5) is 5.69 Å². The third kappa shape index (κ3) is 1.08. The van der Waals surface area contributed by atoms with Crippen LogP contribution < -0.4 is 5.32 Å². The summed E-state index contributed by atoms with van der Waals surface area (Å²) in [5.74, 6) is 0.238. The summed E-state index contributed by atoms with van der Waals surface area (Å²) in [5.41, 5.74) is 0.921. The van der Waals surface area contributed by atoms with Gasteiger partial charge >= 0.3 is 0 Å². The highest BCUT2D eigenvalue weighted by molar-refractivity contribution is 8.00. The van der Waals surface area contributed by atoms with Gasteiger partial charge in [0.25, 0.3) is 0 Å². The Morgan fingerprint density at radius 2 is 2.42 bits per heavy atom. The van der Waals surface area contributed by atoms with Gasteiger partial charge in [-0.2, -0.15) is 5.26 Å². The topological polar surface area (TPSA) is 56.0 Å². The van der Waals surface area contributed by atoms with Gasteiger partial charge in [0.15, 0.2) is 5.37 Å². The third-order valence-electron chi connectivity index (χ3n) is 1.61. The average molecular weight is 178 g/mol. The first-order chi connectivity index (χ1) is 5.79. The fraction of sp³-hybridized carbons (Fsp3) is 0.125. The molecule has 1 atom stereocenters. The summed E-state index contributed by atoms with van der Waals surface area (Å²) in [5, 5.41) is 20.5. The lowest BCUT2D eigenvalue weighted by Gasteiger charge is -1.97. The molecule has 0 amide bonds. The molecule has 4 heteroatoms. The van der Waals surface area contributed by atoms with Crippen molar-refractivity contribution in [3.05, 3.63) is 18.2 Å². The largest absolute Gasteiger partial charge is 0.508 e. The van der Waals surface area contributed by atoms with Crippen LogP contribution in [0.25, 0.3) is 0 Å². The predicted octanol–water partition coefficient (Wildman–Crippen LogP) is 1.76. The van der Waals surface area contributed by atoms with E-state index in [4.69, 9.17) is 10.4 Å². The lowest BCUT2D eigenvalue weighted by Crippen LogP contribution is -2.05. The lowest BCUT2D eigenvalue weighted by molar-refractivity contribution is 0.474. The molecule has 2 N–H and O–H groups in total. The number of phenols is 1. The zero-order valence-electron chi connectivity index (χ0n) is 6.11. The fourth-order valence-corrected chi connectivity index (χ4v) is 2.02. The van der Waals surface area contributed by atoms with Gasteiger partial charge in [-0.25, -0.2) is 0 Å². The van der Waals surface area contributed by atoms with Crippen molar-refractivity contribution in [2.45, 2.75) is 10.3 Å². The van der Waals surface area contributed by atoms with E-state index in [1.807, 2.05) is 0 Å². The number of aromatic hydroxyl groups is 1. The number of rotatable bonds is 0. The second-order valence-electron chi connectivity index (χ2n) is 2.45. The summed E-state index contributed by atoms with van der Waals surface area (Å²) in [6.45, 7) is 0. The van der Waals surface area contributed by atoms with E-state index in [9.17, 15) is 0 Å². The van der Waals surface area contributed by atoms with Crippen LogP contribution >= 0.6 is 11.8 Å². The molecule has 0 saturated carbocycles. The van der Waals surface area contributed by atoms with Gasteiger partial charge in [-0.15, -0.1) is 0 Å². The maximum absolute atomic E-state index is 9.13. The van der Waals surface area contributed by atoms with Gasteiger partial charge in [0.1, 0.15) is 5.75 Å². The van der Waals surface area contributed by atoms with Crippen molar-refractivity contribution < 1.29 is 5.11 Å². The molecular weight excluding hydrogens is 172 g/mol. The highest BCUT2D eigenvalue weighted by atomic mass is 32.2. The number of phenolic OH excluding ortho intramolecular Hbond substituents is 1. The first-order valence-electron chi connectivity index (χ1n) is 3.45. The van der Waals surface area contributed by atoms with Crippen LogP contribution in [0.15, 0.2) is 23.1 Å². The maximum atomic E-state index is 9.13. The van der Waals surface area contributed by atoms with Gasteiger partial charge in [0.2, 0.25) is 0 Å². The van der Waals surface area contributed by atoms with Gasteiger partial charge in [-0.05, 0) is 18.2 Å². The van der Waals surface area contributed by atoms with Crippen LogP contribution in [-0.4, -0.2) is 10.5 Å². The maximum Gasteiger partial charge on any atom is 0.166 e. The monoisotopic (exact) mass is 178 g/mol. The summed E-state index contributed by atoms with van der Waals surface area (Å²) in [6, 6.07) is 7.13. The van der Waals surface area contributed by atoms with Gasteiger partial charge < -0.3 is 10.4 Å². The standard InChI is InChI=1S/C8H6N2OS/c9-4-8-10-6-2-1-5(11)3-7(6)12-8/h1-3,8,10-11H. The molecule has 60 valence electrons. The molecule has 1 aromatic rings.